The summed E-state index contributed by atoms with van der Waals surface area (Å²) < 4.78 is 14.8. The number of hydrogen-bond acceptors (Lipinski definition) is 0. The zero-order chi connectivity index (χ0) is 10.1. The maximum atomic E-state index is 2.62. The molecule has 10 saturated heterocycles. The third-order valence-corrected chi connectivity index (χ3v) is 86.2. The van der Waals surface area contributed by atoms with E-state index < -0.39 is 7.72 Å². The third-order valence-electron chi connectivity index (χ3n) is 16.6. The molecule has 0 aliphatic carbocycles. The fourth-order valence-corrected chi connectivity index (χ4v) is 160. The Hall–Kier alpha value is 0.623. The van der Waals surface area contributed by atoms with Crippen LogP contribution >= 0.6 is 0 Å². The van der Waals surface area contributed by atoms with E-state index >= 15 is 0 Å². The fraction of sp³-hybridized carbons (Fsp3) is 1.00. The van der Waals surface area contributed by atoms with E-state index in [9.17, 15) is 0 Å². The average molecular weight is 301 g/mol. The Balaban J connectivity index is 1.73. The minimum absolute atomic E-state index is 1.22. The molecule has 8 unspecified atom stereocenters. The molecule has 10 aliphatic heterocycles. The summed E-state index contributed by atoms with van der Waals surface area (Å²) in [6.45, 7) is 5.11. The molecular weight excluding hydrogens is 281 g/mol. The van der Waals surface area contributed by atoms with Crippen molar-refractivity contribution in [2.75, 3.05) is 0 Å². The summed E-state index contributed by atoms with van der Waals surface area (Å²) in [5, 5.41) is 0. The molecule has 10 heterocycles. The average Bonchev–Trinajstić information content (AvgIpc) is 3.24. The molecule has 1 heteroatoms. The van der Waals surface area contributed by atoms with Crippen molar-refractivity contribution in [3.63, 3.8) is 0 Å². The van der Waals surface area contributed by atoms with E-state index in [-0.39, 0.29) is 0 Å². The molecule has 0 N–H and O–H groups in total. The molecule has 10 aliphatic rings. The van der Waals surface area contributed by atoms with Crippen molar-refractivity contribution in [3.8, 4) is 0 Å². The van der Waals surface area contributed by atoms with Gasteiger partial charge in [-0.2, -0.15) is 0 Å². The standard InChI is InChI=1S/C8H11.C7H9.Ru/c1-2-5-8-6-3-4-7-8;1-2-7-5-3-4-6-7;/h3-4,6-7H,2,5H2,1H3;3-6H,2H2,1H3;. The molecule has 88 valence electrons. The second kappa shape index (κ2) is 0.467. The molecule has 0 aromatic heterocycles. The molecule has 0 nitrogen and oxygen atoms in total. The van der Waals surface area contributed by atoms with Gasteiger partial charge in [0.2, 0.25) is 0 Å². The normalized spacial score (nSPS) is 131. The van der Waals surface area contributed by atoms with Gasteiger partial charge in [-0.05, 0) is 0 Å². The van der Waals surface area contributed by atoms with Gasteiger partial charge >= 0.3 is 84.9 Å². The molecule has 0 bridgehead atoms. The van der Waals surface area contributed by atoms with Crippen LogP contribution in [-0.2, 0) is 7.72 Å². The maximum absolute atomic E-state index is 3.04. The second-order valence-electron chi connectivity index (χ2n) is 11.2. The first-order chi connectivity index (χ1) is 7.55. The molecule has 8 atom stereocenters. The van der Waals surface area contributed by atoms with E-state index in [1.807, 2.05) is 0 Å². The van der Waals surface area contributed by atoms with Crippen LogP contribution in [0.25, 0.3) is 0 Å². The van der Waals surface area contributed by atoms with Gasteiger partial charge < -0.3 is 0 Å². The summed E-state index contributed by atoms with van der Waals surface area (Å²) in [6.07, 6.45) is 4.98. The van der Waals surface area contributed by atoms with Gasteiger partial charge in [0, 0.05) is 0 Å². The molecule has 0 amide bonds. The van der Waals surface area contributed by atoms with E-state index in [1.165, 1.54) is 8.02 Å². The minimum atomic E-state index is -3.04. The molecule has 0 saturated carbocycles. The predicted octanol–water partition coefficient (Wildman–Crippen LogP) is 5.33. The topological polar surface area (TPSA) is 0 Å². The number of hydrogen-bond donors (Lipinski definition) is 0. The van der Waals surface area contributed by atoms with E-state index in [4.69, 9.17) is 0 Å². The van der Waals surface area contributed by atoms with Crippen LogP contribution in [-0.4, -0.2) is 0 Å². The first-order valence-corrected chi connectivity index (χ1v) is 17.5. The summed E-state index contributed by atoms with van der Waals surface area (Å²) in [7, 11) is -3.04. The molecule has 0 aromatic carbocycles. The number of fused-ring (bicyclic) bond motifs is 10. The van der Waals surface area contributed by atoms with Crippen molar-refractivity contribution in [3.05, 3.63) is 0 Å². The predicted molar refractivity (Wildman–Crippen MR) is 60.6 cm³/mol. The number of rotatable bonds is 3. The Morgan fingerprint density at radius 2 is 1.31 bits per heavy atom. The van der Waals surface area contributed by atoms with Crippen LogP contribution < -0.4 is 0 Å². The van der Waals surface area contributed by atoms with E-state index in [0.717, 1.165) is 0 Å². The van der Waals surface area contributed by atoms with Crippen molar-refractivity contribution in [2.24, 2.45) is 0 Å². The third kappa shape index (κ3) is 0.0497. The zero-order valence-corrected chi connectivity index (χ0v) is 11.8. The van der Waals surface area contributed by atoms with Crippen LogP contribution in [0.3, 0.4) is 0 Å². The van der Waals surface area contributed by atoms with Gasteiger partial charge in [0.25, 0.3) is 0 Å². The molecule has 0 radical (unpaired) electrons. The van der Waals surface area contributed by atoms with Gasteiger partial charge in [-0.1, -0.05) is 0 Å². The Kier molecular flexibility index (Phi) is 0.180. The monoisotopic (exact) mass is 302 g/mol. The van der Waals surface area contributed by atoms with Crippen LogP contribution in [0.15, 0.2) is 0 Å². The van der Waals surface area contributed by atoms with Crippen LogP contribution in [0.5, 0.6) is 0 Å². The van der Waals surface area contributed by atoms with Gasteiger partial charge in [0.1, 0.15) is 0 Å². The first kappa shape index (κ1) is 6.18. The van der Waals surface area contributed by atoms with E-state index in [2.05, 4.69) is 13.8 Å². The van der Waals surface area contributed by atoms with Crippen molar-refractivity contribution in [2.45, 2.75) is 77.2 Å². The molecule has 10 fully saturated rings. The van der Waals surface area contributed by atoms with Crippen molar-refractivity contribution < 1.29 is 7.72 Å². The molecule has 10 rings (SSSR count). The van der Waals surface area contributed by atoms with E-state index in [1.54, 1.807) is 55.4 Å². The Morgan fingerprint density at radius 3 is 1.62 bits per heavy atom. The Morgan fingerprint density at radius 1 is 0.812 bits per heavy atom. The van der Waals surface area contributed by atoms with Crippen molar-refractivity contribution >= 4 is 0 Å². The second-order valence-corrected chi connectivity index (χ2v) is 48.1. The van der Waals surface area contributed by atoms with E-state index in [0.29, 0.717) is 0 Å². The summed E-state index contributed by atoms with van der Waals surface area (Å²) >= 11 is 0. The zero-order valence-electron chi connectivity index (χ0n) is 10.1. The van der Waals surface area contributed by atoms with Crippen molar-refractivity contribution in [1.29, 1.82) is 0 Å². The quantitative estimate of drug-likeness (QED) is 0.618. The first-order valence-electron chi connectivity index (χ1n) is 7.76. The van der Waals surface area contributed by atoms with Crippen LogP contribution in [0.1, 0.15) is 33.1 Å². The van der Waals surface area contributed by atoms with Gasteiger partial charge in [-0.3, -0.25) is 0 Å². The van der Waals surface area contributed by atoms with Crippen LogP contribution in [0.4, 0.5) is 0 Å². The van der Waals surface area contributed by atoms with Gasteiger partial charge in [-0.25, -0.2) is 0 Å². The van der Waals surface area contributed by atoms with Gasteiger partial charge in [0.05, 0.1) is 0 Å². The van der Waals surface area contributed by atoms with Crippen LogP contribution in [0.2, 0.25) is 44.1 Å². The summed E-state index contributed by atoms with van der Waals surface area (Å²) in [6, 6.07) is 0. The molecule has 0 aromatic rings. The SMILES string of the molecule is CCC[C]12[CH]3[CH]4[CH]5[CH]1[Ru]45321678[CH]2[CH]1[CH]6[C]7(CC)[CH]28. The van der Waals surface area contributed by atoms with Gasteiger partial charge in [-0.15, -0.1) is 0 Å². The molecular formula is C15H20Ru. The molecule has 1 spiro atoms. The summed E-state index contributed by atoms with van der Waals surface area (Å²) in [5.74, 6) is 0. The fourth-order valence-electron chi connectivity index (χ4n) is 19.5. The Labute approximate surface area is 84.9 Å². The Bertz CT molecular complexity index is 948. The van der Waals surface area contributed by atoms with Crippen molar-refractivity contribution in [1.82, 2.24) is 0 Å². The van der Waals surface area contributed by atoms with Crippen LogP contribution in [0, 0.1) is 0 Å². The summed E-state index contributed by atoms with van der Waals surface area (Å²) in [5.41, 5.74) is 0. The summed E-state index contributed by atoms with van der Waals surface area (Å²) in [4.78, 5) is 0. The van der Waals surface area contributed by atoms with Gasteiger partial charge in [0.15, 0.2) is 0 Å². The molecule has 16 heavy (non-hydrogen) atoms.